The molecule has 1 unspecified atom stereocenters. The third kappa shape index (κ3) is 2.23. The van der Waals surface area contributed by atoms with Gasteiger partial charge >= 0.3 is 0 Å². The molecule has 4 N–H and O–H groups in total. The van der Waals surface area contributed by atoms with Crippen molar-refractivity contribution in [3.8, 4) is 0 Å². The lowest BCUT2D eigenvalue weighted by Crippen LogP contribution is -2.22. The van der Waals surface area contributed by atoms with Crippen LogP contribution in [0, 0.1) is 13.8 Å². The standard InChI is InChI=1S/C10H17N5O/c1-6-9(14-8-3-4-16-5-8)12-7(2)13-10(6)15-11/h8H,3-5,11H2,1-2H3,(H2,12,13,14,15). The molecule has 1 aromatic heterocycles. The van der Waals surface area contributed by atoms with Crippen LogP contribution in [-0.2, 0) is 4.74 Å². The van der Waals surface area contributed by atoms with E-state index in [2.05, 4.69) is 20.7 Å². The highest BCUT2D eigenvalue weighted by molar-refractivity contribution is 5.57. The first kappa shape index (κ1) is 11.1. The van der Waals surface area contributed by atoms with Crippen molar-refractivity contribution in [2.24, 2.45) is 5.84 Å². The number of nitrogens with two attached hydrogens (primary N) is 1. The highest BCUT2D eigenvalue weighted by Crippen LogP contribution is 2.21. The lowest BCUT2D eigenvalue weighted by Gasteiger charge is -2.15. The van der Waals surface area contributed by atoms with E-state index in [1.807, 2.05) is 13.8 Å². The Kier molecular flexibility index (Phi) is 3.21. The van der Waals surface area contributed by atoms with Crippen molar-refractivity contribution in [1.82, 2.24) is 9.97 Å². The summed E-state index contributed by atoms with van der Waals surface area (Å²) in [5.41, 5.74) is 3.51. The highest BCUT2D eigenvalue weighted by atomic mass is 16.5. The van der Waals surface area contributed by atoms with E-state index >= 15 is 0 Å². The molecule has 16 heavy (non-hydrogen) atoms. The molecule has 0 spiro atoms. The van der Waals surface area contributed by atoms with E-state index in [9.17, 15) is 0 Å². The van der Waals surface area contributed by atoms with Gasteiger partial charge in [-0.2, -0.15) is 0 Å². The topological polar surface area (TPSA) is 85.1 Å². The van der Waals surface area contributed by atoms with Crippen molar-refractivity contribution in [1.29, 1.82) is 0 Å². The fraction of sp³-hybridized carbons (Fsp3) is 0.600. The second-order valence-corrected chi connectivity index (χ2v) is 3.94. The predicted molar refractivity (Wildman–Crippen MR) is 62.2 cm³/mol. The predicted octanol–water partition coefficient (Wildman–Crippen LogP) is 0.580. The molecule has 1 aromatic rings. The fourth-order valence-electron chi connectivity index (χ4n) is 1.75. The van der Waals surface area contributed by atoms with Crippen molar-refractivity contribution < 1.29 is 4.74 Å². The first-order valence-corrected chi connectivity index (χ1v) is 5.37. The maximum absolute atomic E-state index is 5.40. The molecular formula is C10H17N5O. The van der Waals surface area contributed by atoms with Crippen LogP contribution in [0.15, 0.2) is 0 Å². The van der Waals surface area contributed by atoms with Gasteiger partial charge in [0.15, 0.2) is 0 Å². The van der Waals surface area contributed by atoms with Crippen molar-refractivity contribution in [2.45, 2.75) is 26.3 Å². The third-order valence-corrected chi connectivity index (χ3v) is 2.66. The summed E-state index contributed by atoms with van der Waals surface area (Å²) in [7, 11) is 0. The number of ether oxygens (including phenoxy) is 1. The second-order valence-electron chi connectivity index (χ2n) is 3.94. The van der Waals surface area contributed by atoms with Crippen molar-refractivity contribution >= 4 is 11.6 Å². The zero-order valence-corrected chi connectivity index (χ0v) is 9.58. The van der Waals surface area contributed by atoms with Crippen LogP contribution in [-0.4, -0.2) is 29.2 Å². The van der Waals surface area contributed by atoms with E-state index in [1.165, 1.54) is 0 Å². The number of anilines is 2. The molecule has 6 heteroatoms. The molecule has 1 fully saturated rings. The summed E-state index contributed by atoms with van der Waals surface area (Å²) in [4.78, 5) is 8.58. The van der Waals surface area contributed by atoms with Gasteiger partial charge in [-0.3, -0.25) is 0 Å². The summed E-state index contributed by atoms with van der Waals surface area (Å²) in [6.07, 6.45) is 1.01. The van der Waals surface area contributed by atoms with E-state index in [-0.39, 0.29) is 0 Å². The zero-order chi connectivity index (χ0) is 11.5. The average Bonchev–Trinajstić information content (AvgIpc) is 2.75. The van der Waals surface area contributed by atoms with E-state index in [4.69, 9.17) is 10.6 Å². The van der Waals surface area contributed by atoms with Crippen LogP contribution in [0.4, 0.5) is 11.6 Å². The van der Waals surface area contributed by atoms with Crippen LogP contribution in [0.25, 0.3) is 0 Å². The van der Waals surface area contributed by atoms with Gasteiger partial charge in [-0.1, -0.05) is 0 Å². The highest BCUT2D eigenvalue weighted by Gasteiger charge is 2.17. The summed E-state index contributed by atoms with van der Waals surface area (Å²) >= 11 is 0. The Morgan fingerprint density at radius 1 is 1.31 bits per heavy atom. The van der Waals surface area contributed by atoms with Crippen LogP contribution in [0.5, 0.6) is 0 Å². The van der Waals surface area contributed by atoms with Gasteiger partial charge in [0.25, 0.3) is 0 Å². The van der Waals surface area contributed by atoms with Gasteiger partial charge in [-0.25, -0.2) is 15.8 Å². The number of hydrogen-bond donors (Lipinski definition) is 3. The van der Waals surface area contributed by atoms with Crippen LogP contribution >= 0.6 is 0 Å². The monoisotopic (exact) mass is 223 g/mol. The number of hydrazine groups is 1. The lowest BCUT2D eigenvalue weighted by atomic mass is 10.2. The minimum atomic E-state index is 0.332. The maximum Gasteiger partial charge on any atom is 0.148 e. The summed E-state index contributed by atoms with van der Waals surface area (Å²) in [6, 6.07) is 0.332. The molecule has 0 saturated carbocycles. The molecule has 1 saturated heterocycles. The van der Waals surface area contributed by atoms with E-state index < -0.39 is 0 Å². The van der Waals surface area contributed by atoms with Crippen LogP contribution < -0.4 is 16.6 Å². The first-order chi connectivity index (χ1) is 7.70. The van der Waals surface area contributed by atoms with Gasteiger partial charge in [0.1, 0.15) is 17.5 Å². The summed E-state index contributed by atoms with van der Waals surface area (Å²) in [5, 5.41) is 3.35. The van der Waals surface area contributed by atoms with Crippen molar-refractivity contribution in [3.63, 3.8) is 0 Å². The van der Waals surface area contributed by atoms with Gasteiger partial charge in [0, 0.05) is 12.2 Å². The molecule has 1 atom stereocenters. The normalized spacial score (nSPS) is 19.8. The molecule has 6 nitrogen and oxygen atoms in total. The van der Waals surface area contributed by atoms with Crippen molar-refractivity contribution in [3.05, 3.63) is 11.4 Å². The Morgan fingerprint density at radius 2 is 2.06 bits per heavy atom. The Bertz CT molecular complexity index is 376. The molecule has 0 aromatic carbocycles. The van der Waals surface area contributed by atoms with Gasteiger partial charge in [-0.05, 0) is 20.3 Å². The quantitative estimate of drug-likeness (QED) is 0.513. The SMILES string of the molecule is Cc1nc(NN)c(C)c(NC2CCOC2)n1. The Balaban J connectivity index is 2.21. The number of nitrogen functional groups attached to an aromatic ring is 1. The smallest absolute Gasteiger partial charge is 0.148 e. The van der Waals surface area contributed by atoms with Gasteiger partial charge in [0.2, 0.25) is 0 Å². The number of aryl methyl sites for hydroxylation is 1. The van der Waals surface area contributed by atoms with E-state index in [0.717, 1.165) is 31.0 Å². The van der Waals surface area contributed by atoms with Crippen molar-refractivity contribution in [2.75, 3.05) is 24.0 Å². The molecule has 88 valence electrons. The number of rotatable bonds is 3. The van der Waals surface area contributed by atoms with Crippen LogP contribution in [0.1, 0.15) is 17.8 Å². The van der Waals surface area contributed by atoms with Gasteiger partial charge in [0.05, 0.1) is 12.6 Å². The minimum absolute atomic E-state index is 0.332. The third-order valence-electron chi connectivity index (χ3n) is 2.66. The molecule has 0 aliphatic carbocycles. The number of nitrogens with zero attached hydrogens (tertiary/aromatic N) is 2. The number of nitrogens with one attached hydrogen (secondary N) is 2. The average molecular weight is 223 g/mol. The van der Waals surface area contributed by atoms with E-state index in [0.29, 0.717) is 17.7 Å². The lowest BCUT2D eigenvalue weighted by molar-refractivity contribution is 0.195. The zero-order valence-electron chi connectivity index (χ0n) is 9.58. The summed E-state index contributed by atoms with van der Waals surface area (Å²) in [5.74, 6) is 7.59. The van der Waals surface area contributed by atoms with E-state index in [1.54, 1.807) is 0 Å². The second kappa shape index (κ2) is 4.63. The first-order valence-electron chi connectivity index (χ1n) is 5.37. The largest absolute Gasteiger partial charge is 0.379 e. The van der Waals surface area contributed by atoms with Gasteiger partial charge in [-0.15, -0.1) is 0 Å². The fourth-order valence-corrected chi connectivity index (χ4v) is 1.75. The number of hydrogen-bond acceptors (Lipinski definition) is 6. The molecule has 1 aliphatic rings. The molecule has 0 amide bonds. The Labute approximate surface area is 94.6 Å². The van der Waals surface area contributed by atoms with Gasteiger partial charge < -0.3 is 15.5 Å². The molecule has 2 heterocycles. The molecule has 0 radical (unpaired) electrons. The molecule has 1 aliphatic heterocycles. The molecular weight excluding hydrogens is 206 g/mol. The Hall–Kier alpha value is -1.40. The minimum Gasteiger partial charge on any atom is -0.379 e. The summed E-state index contributed by atoms with van der Waals surface area (Å²) < 4.78 is 5.31. The number of aromatic nitrogens is 2. The van der Waals surface area contributed by atoms with Crippen LogP contribution in [0.2, 0.25) is 0 Å². The maximum atomic E-state index is 5.40. The Morgan fingerprint density at radius 3 is 2.69 bits per heavy atom. The molecule has 0 bridgehead atoms. The summed E-state index contributed by atoms with van der Waals surface area (Å²) in [6.45, 7) is 5.32. The van der Waals surface area contributed by atoms with Crippen LogP contribution in [0.3, 0.4) is 0 Å². The molecule has 2 rings (SSSR count).